The molecule has 1 aliphatic rings. The van der Waals surface area contributed by atoms with E-state index in [0.717, 1.165) is 31.2 Å². The first kappa shape index (κ1) is 11.8. The van der Waals surface area contributed by atoms with Crippen LogP contribution in [0.5, 0.6) is 0 Å². The summed E-state index contributed by atoms with van der Waals surface area (Å²) in [5, 5.41) is 0. The van der Waals surface area contributed by atoms with Gasteiger partial charge in [-0.15, -0.1) is 11.6 Å². The van der Waals surface area contributed by atoms with Gasteiger partial charge in [-0.05, 0) is 31.1 Å². The molecule has 0 bridgehead atoms. The van der Waals surface area contributed by atoms with Crippen LogP contribution in [0.4, 0.5) is 0 Å². The van der Waals surface area contributed by atoms with Crippen LogP contribution in [0.1, 0.15) is 32.6 Å². The molecule has 1 fully saturated rings. The smallest absolute Gasteiger partial charge is 0.222 e. The van der Waals surface area contributed by atoms with Crippen molar-refractivity contribution in [3.8, 4) is 0 Å². The van der Waals surface area contributed by atoms with Gasteiger partial charge in [0.2, 0.25) is 5.91 Å². The summed E-state index contributed by atoms with van der Waals surface area (Å²) in [6.45, 7) is 3.19. The van der Waals surface area contributed by atoms with Gasteiger partial charge in [-0.3, -0.25) is 4.79 Å². The SMILES string of the molecule is CC1CC1CN(C)C(=O)CCCCCl. The first-order valence-corrected chi connectivity index (χ1v) is 5.98. The molecule has 0 aromatic rings. The van der Waals surface area contributed by atoms with E-state index in [1.807, 2.05) is 11.9 Å². The lowest BCUT2D eigenvalue weighted by Crippen LogP contribution is -2.28. The number of rotatable bonds is 6. The Morgan fingerprint density at radius 3 is 2.64 bits per heavy atom. The van der Waals surface area contributed by atoms with Crippen LogP contribution in [0.3, 0.4) is 0 Å². The lowest BCUT2D eigenvalue weighted by atomic mass is 10.2. The predicted molar refractivity (Wildman–Crippen MR) is 59.5 cm³/mol. The summed E-state index contributed by atoms with van der Waals surface area (Å²) in [5.74, 6) is 2.52. The number of nitrogens with zero attached hydrogens (tertiary/aromatic N) is 1. The molecule has 0 saturated heterocycles. The third-order valence-electron chi connectivity index (χ3n) is 2.98. The molecule has 2 nitrogen and oxygen atoms in total. The second kappa shape index (κ2) is 5.59. The Kier molecular flexibility index (Phi) is 4.73. The predicted octanol–water partition coefficient (Wildman–Crippen LogP) is 2.51. The van der Waals surface area contributed by atoms with Crippen molar-refractivity contribution >= 4 is 17.5 Å². The molecule has 0 N–H and O–H groups in total. The minimum absolute atomic E-state index is 0.272. The fourth-order valence-electron chi connectivity index (χ4n) is 1.67. The Morgan fingerprint density at radius 1 is 1.50 bits per heavy atom. The largest absolute Gasteiger partial charge is 0.345 e. The van der Waals surface area contributed by atoms with E-state index in [0.29, 0.717) is 12.3 Å². The molecule has 82 valence electrons. The van der Waals surface area contributed by atoms with Crippen LogP contribution in [-0.2, 0) is 4.79 Å². The zero-order valence-electron chi connectivity index (χ0n) is 9.13. The monoisotopic (exact) mass is 217 g/mol. The van der Waals surface area contributed by atoms with Crippen molar-refractivity contribution in [1.82, 2.24) is 4.90 Å². The Balaban J connectivity index is 2.09. The molecule has 1 saturated carbocycles. The molecule has 1 aliphatic carbocycles. The maximum absolute atomic E-state index is 11.6. The molecule has 14 heavy (non-hydrogen) atoms. The van der Waals surface area contributed by atoms with Crippen molar-refractivity contribution in [1.29, 1.82) is 0 Å². The molecule has 0 aromatic heterocycles. The quantitative estimate of drug-likeness (QED) is 0.495. The number of carbonyl (C=O) groups is 1. The maximum atomic E-state index is 11.6. The van der Waals surface area contributed by atoms with Gasteiger partial charge in [0.25, 0.3) is 0 Å². The lowest BCUT2D eigenvalue weighted by Gasteiger charge is -2.16. The number of unbranched alkanes of at least 4 members (excludes halogenated alkanes) is 1. The van der Waals surface area contributed by atoms with Crippen molar-refractivity contribution in [2.45, 2.75) is 32.6 Å². The molecule has 0 aliphatic heterocycles. The average Bonchev–Trinajstić information content (AvgIpc) is 2.82. The van der Waals surface area contributed by atoms with Crippen LogP contribution in [-0.4, -0.2) is 30.3 Å². The average molecular weight is 218 g/mol. The van der Waals surface area contributed by atoms with E-state index in [-0.39, 0.29) is 5.91 Å². The molecule has 3 heteroatoms. The first-order valence-electron chi connectivity index (χ1n) is 5.45. The highest BCUT2D eigenvalue weighted by molar-refractivity contribution is 6.17. The van der Waals surface area contributed by atoms with Gasteiger partial charge in [-0.1, -0.05) is 6.92 Å². The summed E-state index contributed by atoms with van der Waals surface area (Å²) in [4.78, 5) is 13.4. The van der Waals surface area contributed by atoms with Gasteiger partial charge >= 0.3 is 0 Å². The summed E-state index contributed by atoms with van der Waals surface area (Å²) < 4.78 is 0. The third-order valence-corrected chi connectivity index (χ3v) is 3.25. The number of carbonyl (C=O) groups excluding carboxylic acids is 1. The van der Waals surface area contributed by atoms with Crippen LogP contribution in [0.2, 0.25) is 0 Å². The second-order valence-electron chi connectivity index (χ2n) is 4.39. The van der Waals surface area contributed by atoms with Crippen LogP contribution >= 0.6 is 11.6 Å². The van der Waals surface area contributed by atoms with E-state index < -0.39 is 0 Å². The summed E-state index contributed by atoms with van der Waals surface area (Å²) in [5.41, 5.74) is 0. The Labute approximate surface area is 91.6 Å². The van der Waals surface area contributed by atoms with E-state index in [4.69, 9.17) is 11.6 Å². The number of alkyl halides is 1. The summed E-state index contributed by atoms with van der Waals surface area (Å²) in [7, 11) is 1.91. The van der Waals surface area contributed by atoms with Crippen molar-refractivity contribution in [3.63, 3.8) is 0 Å². The summed E-state index contributed by atoms with van der Waals surface area (Å²) in [6.07, 6.45) is 3.82. The molecule has 0 spiro atoms. The third kappa shape index (κ3) is 3.87. The van der Waals surface area contributed by atoms with Crippen molar-refractivity contribution in [3.05, 3.63) is 0 Å². The first-order chi connectivity index (χ1) is 6.65. The van der Waals surface area contributed by atoms with E-state index in [2.05, 4.69) is 6.92 Å². The van der Waals surface area contributed by atoms with Crippen LogP contribution < -0.4 is 0 Å². The van der Waals surface area contributed by atoms with Gasteiger partial charge in [0, 0.05) is 25.9 Å². The Morgan fingerprint density at radius 2 is 2.14 bits per heavy atom. The highest BCUT2D eigenvalue weighted by Crippen LogP contribution is 2.37. The fraction of sp³-hybridized carbons (Fsp3) is 0.909. The molecule has 2 atom stereocenters. The topological polar surface area (TPSA) is 20.3 Å². The van der Waals surface area contributed by atoms with Gasteiger partial charge < -0.3 is 4.90 Å². The minimum Gasteiger partial charge on any atom is -0.345 e. The van der Waals surface area contributed by atoms with E-state index in [9.17, 15) is 4.79 Å². The standard InChI is InChI=1S/C11H20ClNO/c1-9-7-10(9)8-13(2)11(14)5-3-4-6-12/h9-10H,3-8H2,1-2H3. The van der Waals surface area contributed by atoms with Gasteiger partial charge in [-0.2, -0.15) is 0 Å². The summed E-state index contributed by atoms with van der Waals surface area (Å²) in [6, 6.07) is 0. The van der Waals surface area contributed by atoms with Gasteiger partial charge in [0.05, 0.1) is 0 Å². The Bertz CT molecular complexity index is 196. The van der Waals surface area contributed by atoms with Gasteiger partial charge in [0.1, 0.15) is 0 Å². The molecule has 0 radical (unpaired) electrons. The molecule has 2 unspecified atom stereocenters. The number of amides is 1. The second-order valence-corrected chi connectivity index (χ2v) is 4.77. The number of hydrogen-bond donors (Lipinski definition) is 0. The molecule has 1 rings (SSSR count). The van der Waals surface area contributed by atoms with Crippen molar-refractivity contribution in [2.75, 3.05) is 19.5 Å². The lowest BCUT2D eigenvalue weighted by molar-refractivity contribution is -0.130. The van der Waals surface area contributed by atoms with E-state index >= 15 is 0 Å². The molecule has 0 heterocycles. The van der Waals surface area contributed by atoms with Crippen LogP contribution in [0.15, 0.2) is 0 Å². The molecular formula is C11H20ClNO. The van der Waals surface area contributed by atoms with E-state index in [1.165, 1.54) is 6.42 Å². The van der Waals surface area contributed by atoms with Crippen molar-refractivity contribution < 1.29 is 4.79 Å². The maximum Gasteiger partial charge on any atom is 0.222 e. The van der Waals surface area contributed by atoms with Crippen LogP contribution in [0, 0.1) is 11.8 Å². The van der Waals surface area contributed by atoms with E-state index in [1.54, 1.807) is 0 Å². The van der Waals surface area contributed by atoms with Crippen LogP contribution in [0.25, 0.3) is 0 Å². The fourth-order valence-corrected chi connectivity index (χ4v) is 1.86. The Hall–Kier alpha value is -0.240. The number of halogens is 1. The van der Waals surface area contributed by atoms with Crippen molar-refractivity contribution in [2.24, 2.45) is 11.8 Å². The number of hydrogen-bond acceptors (Lipinski definition) is 1. The molecule has 1 amide bonds. The van der Waals surface area contributed by atoms with Gasteiger partial charge in [0.15, 0.2) is 0 Å². The van der Waals surface area contributed by atoms with Gasteiger partial charge in [-0.25, -0.2) is 0 Å². The summed E-state index contributed by atoms with van der Waals surface area (Å²) >= 11 is 5.55. The molecule has 0 aromatic carbocycles. The zero-order chi connectivity index (χ0) is 10.6. The zero-order valence-corrected chi connectivity index (χ0v) is 9.89. The normalized spacial score (nSPS) is 24.8. The highest BCUT2D eigenvalue weighted by Gasteiger charge is 2.33. The molecular weight excluding hydrogens is 198 g/mol. The minimum atomic E-state index is 0.272. The highest BCUT2D eigenvalue weighted by atomic mass is 35.5.